The summed E-state index contributed by atoms with van der Waals surface area (Å²) in [5.74, 6) is -0.395. The van der Waals surface area contributed by atoms with Gasteiger partial charge < -0.3 is 5.32 Å². The van der Waals surface area contributed by atoms with Gasteiger partial charge in [-0.05, 0) is 43.1 Å². The van der Waals surface area contributed by atoms with Crippen molar-refractivity contribution in [2.45, 2.75) is 25.8 Å². The monoisotopic (exact) mass is 275 g/mol. The molecule has 0 amide bonds. The highest BCUT2D eigenvalue weighted by Gasteiger charge is 2.12. The van der Waals surface area contributed by atoms with Gasteiger partial charge in [0.15, 0.2) is 0 Å². The Balaban J connectivity index is 1.91. The zero-order valence-corrected chi connectivity index (χ0v) is 11.6. The fraction of sp³-hybridized carbons (Fsp3) is 0.294. The lowest BCUT2D eigenvalue weighted by Crippen LogP contribution is -2.24. The minimum absolute atomic E-state index is 0.0108. The van der Waals surface area contributed by atoms with E-state index < -0.39 is 0 Å². The SMILES string of the molecule is CCC(NCCc1ccc(F)cc1)c1ccccc1F. The van der Waals surface area contributed by atoms with Gasteiger partial charge in [-0.1, -0.05) is 37.3 Å². The van der Waals surface area contributed by atoms with Crippen molar-refractivity contribution in [3.05, 3.63) is 71.3 Å². The molecule has 2 aromatic carbocycles. The number of benzene rings is 2. The second kappa shape index (κ2) is 7.15. The summed E-state index contributed by atoms with van der Waals surface area (Å²) in [7, 11) is 0. The molecule has 0 spiro atoms. The molecule has 2 rings (SSSR count). The average molecular weight is 275 g/mol. The van der Waals surface area contributed by atoms with E-state index in [9.17, 15) is 8.78 Å². The normalized spacial score (nSPS) is 12.3. The Bertz CT molecular complexity index is 537. The van der Waals surface area contributed by atoms with Crippen LogP contribution in [-0.2, 0) is 6.42 Å². The van der Waals surface area contributed by atoms with Crippen molar-refractivity contribution in [2.75, 3.05) is 6.54 Å². The van der Waals surface area contributed by atoms with Crippen LogP contribution in [0, 0.1) is 11.6 Å². The Morgan fingerprint density at radius 1 is 1.00 bits per heavy atom. The number of hydrogen-bond donors (Lipinski definition) is 1. The molecule has 1 atom stereocenters. The summed E-state index contributed by atoms with van der Waals surface area (Å²) in [6.45, 7) is 2.76. The van der Waals surface area contributed by atoms with E-state index >= 15 is 0 Å². The molecule has 0 aliphatic carbocycles. The first-order chi connectivity index (χ1) is 9.70. The highest BCUT2D eigenvalue weighted by Crippen LogP contribution is 2.19. The van der Waals surface area contributed by atoms with Crippen LogP contribution in [0.15, 0.2) is 48.5 Å². The molecule has 0 bridgehead atoms. The third-order valence-corrected chi connectivity index (χ3v) is 3.41. The van der Waals surface area contributed by atoms with Gasteiger partial charge in [0.05, 0.1) is 0 Å². The second-order valence-corrected chi connectivity index (χ2v) is 4.81. The first-order valence-corrected chi connectivity index (χ1v) is 6.93. The maximum absolute atomic E-state index is 13.7. The molecule has 1 unspecified atom stereocenters. The Morgan fingerprint density at radius 2 is 1.70 bits per heavy atom. The summed E-state index contributed by atoms with van der Waals surface area (Å²) in [6.07, 6.45) is 1.62. The van der Waals surface area contributed by atoms with Crippen molar-refractivity contribution < 1.29 is 8.78 Å². The van der Waals surface area contributed by atoms with E-state index in [4.69, 9.17) is 0 Å². The first kappa shape index (κ1) is 14.7. The maximum atomic E-state index is 13.7. The van der Waals surface area contributed by atoms with Crippen LogP contribution in [0.5, 0.6) is 0 Å². The molecule has 0 radical (unpaired) electrons. The number of nitrogens with one attached hydrogen (secondary N) is 1. The van der Waals surface area contributed by atoms with E-state index in [-0.39, 0.29) is 17.7 Å². The van der Waals surface area contributed by atoms with Gasteiger partial charge in [0.25, 0.3) is 0 Å². The van der Waals surface area contributed by atoms with Crippen LogP contribution >= 0.6 is 0 Å². The quantitative estimate of drug-likeness (QED) is 0.831. The summed E-state index contributed by atoms with van der Waals surface area (Å²) < 4.78 is 26.5. The van der Waals surface area contributed by atoms with Crippen LogP contribution in [0.2, 0.25) is 0 Å². The zero-order valence-electron chi connectivity index (χ0n) is 11.6. The fourth-order valence-electron chi connectivity index (χ4n) is 2.27. The summed E-state index contributed by atoms with van der Waals surface area (Å²) in [4.78, 5) is 0. The van der Waals surface area contributed by atoms with E-state index in [1.54, 1.807) is 18.2 Å². The summed E-state index contributed by atoms with van der Waals surface area (Å²) in [5, 5.41) is 3.36. The van der Waals surface area contributed by atoms with Gasteiger partial charge in [-0.2, -0.15) is 0 Å². The molecule has 0 heterocycles. The van der Waals surface area contributed by atoms with Gasteiger partial charge in [-0.25, -0.2) is 8.78 Å². The van der Waals surface area contributed by atoms with Crippen molar-refractivity contribution in [1.29, 1.82) is 0 Å². The first-order valence-electron chi connectivity index (χ1n) is 6.93. The lowest BCUT2D eigenvalue weighted by atomic mass is 10.0. The molecule has 0 aromatic heterocycles. The molecule has 106 valence electrons. The minimum atomic E-state index is -0.223. The molecule has 20 heavy (non-hydrogen) atoms. The standard InChI is InChI=1S/C17H19F2N/c1-2-17(15-5-3-4-6-16(15)19)20-12-11-13-7-9-14(18)10-8-13/h3-10,17,20H,2,11-12H2,1H3. The second-order valence-electron chi connectivity index (χ2n) is 4.81. The molecule has 0 aliphatic rings. The predicted octanol–water partition coefficient (Wildman–Crippen LogP) is 4.25. The Labute approximate surface area is 118 Å². The molecular weight excluding hydrogens is 256 g/mol. The Morgan fingerprint density at radius 3 is 2.35 bits per heavy atom. The van der Waals surface area contributed by atoms with Gasteiger partial charge in [0, 0.05) is 11.6 Å². The molecule has 2 aromatic rings. The van der Waals surface area contributed by atoms with Crippen LogP contribution in [-0.4, -0.2) is 6.54 Å². The van der Waals surface area contributed by atoms with Gasteiger partial charge >= 0.3 is 0 Å². The molecule has 0 saturated heterocycles. The highest BCUT2D eigenvalue weighted by atomic mass is 19.1. The third kappa shape index (κ3) is 3.87. The van der Waals surface area contributed by atoms with Gasteiger partial charge in [0.2, 0.25) is 0 Å². The van der Waals surface area contributed by atoms with Crippen molar-refractivity contribution in [1.82, 2.24) is 5.32 Å². The molecular formula is C17H19F2N. The Kier molecular flexibility index (Phi) is 5.24. The topological polar surface area (TPSA) is 12.0 Å². The Hall–Kier alpha value is -1.74. The van der Waals surface area contributed by atoms with E-state index in [0.29, 0.717) is 5.56 Å². The van der Waals surface area contributed by atoms with E-state index in [0.717, 1.165) is 24.9 Å². The molecule has 3 heteroatoms. The summed E-state index contributed by atoms with van der Waals surface area (Å²) in [6, 6.07) is 13.3. The van der Waals surface area contributed by atoms with E-state index in [1.165, 1.54) is 18.2 Å². The molecule has 0 fully saturated rings. The lowest BCUT2D eigenvalue weighted by Gasteiger charge is -2.18. The van der Waals surface area contributed by atoms with Crippen LogP contribution in [0.1, 0.15) is 30.5 Å². The van der Waals surface area contributed by atoms with E-state index in [2.05, 4.69) is 5.32 Å². The molecule has 1 N–H and O–H groups in total. The number of halogens is 2. The van der Waals surface area contributed by atoms with Crippen molar-refractivity contribution in [3.8, 4) is 0 Å². The van der Waals surface area contributed by atoms with Crippen LogP contribution in [0.4, 0.5) is 8.78 Å². The van der Waals surface area contributed by atoms with Crippen LogP contribution < -0.4 is 5.32 Å². The molecule has 0 saturated carbocycles. The third-order valence-electron chi connectivity index (χ3n) is 3.41. The van der Waals surface area contributed by atoms with Crippen molar-refractivity contribution in [2.24, 2.45) is 0 Å². The minimum Gasteiger partial charge on any atom is -0.310 e. The van der Waals surface area contributed by atoms with Gasteiger partial charge in [0.1, 0.15) is 11.6 Å². The smallest absolute Gasteiger partial charge is 0.127 e. The summed E-state index contributed by atoms with van der Waals surface area (Å²) >= 11 is 0. The predicted molar refractivity (Wildman–Crippen MR) is 77.5 cm³/mol. The average Bonchev–Trinajstić information content (AvgIpc) is 2.47. The lowest BCUT2D eigenvalue weighted by molar-refractivity contribution is 0.491. The number of rotatable bonds is 6. The summed E-state index contributed by atoms with van der Waals surface area (Å²) in [5.41, 5.74) is 1.77. The van der Waals surface area contributed by atoms with Crippen LogP contribution in [0.3, 0.4) is 0 Å². The largest absolute Gasteiger partial charge is 0.310 e. The molecule has 0 aliphatic heterocycles. The number of hydrogen-bond acceptors (Lipinski definition) is 1. The van der Waals surface area contributed by atoms with Crippen molar-refractivity contribution in [3.63, 3.8) is 0 Å². The van der Waals surface area contributed by atoms with Crippen LogP contribution in [0.25, 0.3) is 0 Å². The maximum Gasteiger partial charge on any atom is 0.127 e. The fourth-order valence-corrected chi connectivity index (χ4v) is 2.27. The zero-order chi connectivity index (χ0) is 14.4. The van der Waals surface area contributed by atoms with Crippen molar-refractivity contribution >= 4 is 0 Å². The van der Waals surface area contributed by atoms with Gasteiger partial charge in [-0.15, -0.1) is 0 Å². The highest BCUT2D eigenvalue weighted by molar-refractivity contribution is 5.21. The van der Waals surface area contributed by atoms with Gasteiger partial charge in [-0.3, -0.25) is 0 Å². The molecule has 1 nitrogen and oxygen atoms in total. The van der Waals surface area contributed by atoms with E-state index in [1.807, 2.05) is 19.1 Å².